The van der Waals surface area contributed by atoms with Crippen LogP contribution in [0.4, 0.5) is 0 Å². The zero-order valence-corrected chi connectivity index (χ0v) is 13.8. The van der Waals surface area contributed by atoms with Crippen molar-refractivity contribution < 1.29 is 9.90 Å². The molecule has 0 unspecified atom stereocenters. The van der Waals surface area contributed by atoms with Gasteiger partial charge in [0.2, 0.25) is 0 Å². The van der Waals surface area contributed by atoms with E-state index in [0.717, 1.165) is 34.2 Å². The van der Waals surface area contributed by atoms with Gasteiger partial charge in [-0.2, -0.15) is 0 Å². The Morgan fingerprint density at radius 1 is 1.50 bits per heavy atom. The van der Waals surface area contributed by atoms with E-state index in [1.54, 1.807) is 11.3 Å². The number of aromatic nitrogens is 2. The maximum Gasteiger partial charge on any atom is 0.262 e. The van der Waals surface area contributed by atoms with Crippen LogP contribution in [0.1, 0.15) is 37.6 Å². The molecule has 0 aliphatic heterocycles. The van der Waals surface area contributed by atoms with Crippen LogP contribution in [0.25, 0.3) is 10.2 Å². The predicted octanol–water partition coefficient (Wildman–Crippen LogP) is 1.36. The van der Waals surface area contributed by atoms with E-state index < -0.39 is 12.5 Å². The fourth-order valence-corrected chi connectivity index (χ4v) is 4.45. The lowest BCUT2D eigenvalue weighted by Crippen LogP contribution is -2.33. The number of hydrogen-bond acceptors (Lipinski definition) is 5. The minimum atomic E-state index is -1.28. The summed E-state index contributed by atoms with van der Waals surface area (Å²) in [5.74, 6) is -0.682. The molecule has 2 aromatic rings. The smallest absolute Gasteiger partial charge is 0.262 e. The molecule has 0 amide bonds. The number of aliphatic carboxylic acids is 1. The Balaban J connectivity index is 2.08. The first-order valence-corrected chi connectivity index (χ1v) is 8.28. The van der Waals surface area contributed by atoms with E-state index in [1.807, 2.05) is 0 Å². The molecule has 0 N–H and O–H groups in total. The largest absolute Gasteiger partial charge is 0.548 e. The average Bonchev–Trinajstić information content (AvgIpc) is 2.78. The number of carboxylic acids is 1. The number of rotatable bonds is 2. The Labute approximate surface area is 132 Å². The van der Waals surface area contributed by atoms with Crippen LogP contribution in [-0.2, 0) is 24.2 Å². The van der Waals surface area contributed by atoms with Gasteiger partial charge in [0, 0.05) is 4.88 Å². The highest BCUT2D eigenvalue weighted by Gasteiger charge is 2.31. The number of fused-ring (bicyclic) bond motifs is 3. The van der Waals surface area contributed by atoms with Gasteiger partial charge in [-0.1, -0.05) is 20.8 Å². The highest BCUT2D eigenvalue weighted by molar-refractivity contribution is 7.18. The standard InChI is InChI=1S/C16H20N2O3S/c1-16(2,3)9-4-5-10-11(6-9)22-14-13(10)15(21)18(8-17-14)7-12(19)20/h8-9H,4-7H2,1-3H3,(H,19,20)/p-1/t9-/m0/s1. The molecule has 1 aliphatic carbocycles. The number of nitrogens with zero attached hydrogens (tertiary/aromatic N) is 2. The van der Waals surface area contributed by atoms with E-state index in [9.17, 15) is 14.7 Å². The summed E-state index contributed by atoms with van der Waals surface area (Å²) in [6.07, 6.45) is 4.20. The van der Waals surface area contributed by atoms with E-state index in [4.69, 9.17) is 0 Å². The highest BCUT2D eigenvalue weighted by Crippen LogP contribution is 2.41. The number of carboxylic acid groups (broad SMARTS) is 1. The fraction of sp³-hybridized carbons (Fsp3) is 0.562. The monoisotopic (exact) mass is 319 g/mol. The molecular formula is C16H19N2O3S-. The Morgan fingerprint density at radius 3 is 2.86 bits per heavy atom. The first-order chi connectivity index (χ1) is 10.3. The zero-order chi connectivity index (χ0) is 16.1. The molecule has 0 saturated heterocycles. The van der Waals surface area contributed by atoms with Crippen molar-refractivity contribution in [2.75, 3.05) is 0 Å². The fourth-order valence-electron chi connectivity index (χ4n) is 3.19. The van der Waals surface area contributed by atoms with Crippen LogP contribution in [0.2, 0.25) is 0 Å². The third kappa shape index (κ3) is 2.56. The summed E-state index contributed by atoms with van der Waals surface area (Å²) in [5.41, 5.74) is 1.06. The SMILES string of the molecule is CC(C)(C)[C@H]1CCc2c(sc3ncn(CC(=O)[O-])c(=O)c23)C1. The Morgan fingerprint density at radius 2 is 2.23 bits per heavy atom. The molecule has 5 nitrogen and oxygen atoms in total. The van der Waals surface area contributed by atoms with Crippen LogP contribution >= 0.6 is 11.3 Å². The van der Waals surface area contributed by atoms with Crippen LogP contribution in [0.5, 0.6) is 0 Å². The second-order valence-corrected chi connectivity index (χ2v) is 8.12. The molecule has 0 spiro atoms. The van der Waals surface area contributed by atoms with Gasteiger partial charge in [0.05, 0.1) is 24.2 Å². The topological polar surface area (TPSA) is 75.0 Å². The van der Waals surface area contributed by atoms with Crippen molar-refractivity contribution in [3.8, 4) is 0 Å². The Hall–Kier alpha value is -1.69. The molecule has 0 aromatic carbocycles. The third-order valence-electron chi connectivity index (χ3n) is 4.56. The number of aryl methyl sites for hydroxylation is 1. The number of carbonyl (C=O) groups is 1. The van der Waals surface area contributed by atoms with Crippen LogP contribution < -0.4 is 10.7 Å². The van der Waals surface area contributed by atoms with Crippen molar-refractivity contribution >= 4 is 27.5 Å². The lowest BCUT2D eigenvalue weighted by atomic mass is 9.72. The first-order valence-electron chi connectivity index (χ1n) is 7.47. The van der Waals surface area contributed by atoms with Crippen molar-refractivity contribution in [1.29, 1.82) is 0 Å². The average molecular weight is 319 g/mol. The highest BCUT2D eigenvalue weighted by atomic mass is 32.1. The van der Waals surface area contributed by atoms with Crippen LogP contribution in [0.15, 0.2) is 11.1 Å². The van der Waals surface area contributed by atoms with Gasteiger partial charge in [-0.3, -0.25) is 9.36 Å². The minimum absolute atomic E-state index is 0.247. The van der Waals surface area contributed by atoms with E-state index >= 15 is 0 Å². The van der Waals surface area contributed by atoms with Gasteiger partial charge < -0.3 is 9.90 Å². The molecule has 0 saturated carbocycles. The maximum absolute atomic E-state index is 12.5. The summed E-state index contributed by atoms with van der Waals surface area (Å²) in [6.45, 7) is 6.31. The van der Waals surface area contributed by atoms with Crippen LogP contribution in [0, 0.1) is 11.3 Å². The van der Waals surface area contributed by atoms with E-state index in [-0.39, 0.29) is 11.0 Å². The molecule has 0 radical (unpaired) electrons. The van der Waals surface area contributed by atoms with Crippen LogP contribution in [0.3, 0.4) is 0 Å². The van der Waals surface area contributed by atoms with Gasteiger partial charge in [-0.05, 0) is 36.2 Å². The van der Waals surface area contributed by atoms with Gasteiger partial charge in [0.25, 0.3) is 5.56 Å². The molecule has 1 aliphatic rings. The second-order valence-electron chi connectivity index (χ2n) is 7.04. The Kier molecular flexibility index (Phi) is 3.59. The van der Waals surface area contributed by atoms with Gasteiger partial charge in [0.15, 0.2) is 0 Å². The lowest BCUT2D eigenvalue weighted by Gasteiger charge is -2.33. The van der Waals surface area contributed by atoms with Gasteiger partial charge in [0.1, 0.15) is 4.83 Å². The van der Waals surface area contributed by atoms with Gasteiger partial charge in [-0.15, -0.1) is 11.3 Å². The molecule has 2 heterocycles. The molecule has 2 aromatic heterocycles. The van der Waals surface area contributed by atoms with Gasteiger partial charge >= 0.3 is 0 Å². The summed E-state index contributed by atoms with van der Waals surface area (Å²) in [5, 5.41) is 11.3. The normalized spacial score (nSPS) is 18.4. The van der Waals surface area contributed by atoms with Gasteiger partial charge in [-0.25, -0.2) is 4.98 Å². The molecule has 1 atom stereocenters. The molecule has 6 heteroatoms. The van der Waals surface area contributed by atoms with Crippen molar-refractivity contribution in [3.63, 3.8) is 0 Å². The number of thiophene rings is 1. The molecule has 0 fully saturated rings. The summed E-state index contributed by atoms with van der Waals surface area (Å²) in [4.78, 5) is 29.5. The molecular weight excluding hydrogens is 300 g/mol. The molecule has 22 heavy (non-hydrogen) atoms. The minimum Gasteiger partial charge on any atom is -0.548 e. The summed E-state index contributed by atoms with van der Waals surface area (Å²) < 4.78 is 1.13. The number of carbonyl (C=O) groups excluding carboxylic acids is 1. The quantitative estimate of drug-likeness (QED) is 0.837. The summed E-state index contributed by atoms with van der Waals surface area (Å²) >= 11 is 1.57. The second kappa shape index (κ2) is 5.19. The molecule has 0 bridgehead atoms. The van der Waals surface area contributed by atoms with Crippen LogP contribution in [-0.4, -0.2) is 15.5 Å². The maximum atomic E-state index is 12.5. The van der Waals surface area contributed by atoms with Crippen molar-refractivity contribution in [3.05, 3.63) is 27.1 Å². The molecule has 3 rings (SSSR count). The third-order valence-corrected chi connectivity index (χ3v) is 5.72. The predicted molar refractivity (Wildman–Crippen MR) is 83.9 cm³/mol. The summed E-state index contributed by atoms with van der Waals surface area (Å²) in [6, 6.07) is 0. The van der Waals surface area contributed by atoms with E-state index in [2.05, 4.69) is 25.8 Å². The van der Waals surface area contributed by atoms with E-state index in [1.165, 1.54) is 11.2 Å². The van der Waals surface area contributed by atoms with Crippen molar-refractivity contribution in [1.82, 2.24) is 9.55 Å². The zero-order valence-electron chi connectivity index (χ0n) is 13.0. The van der Waals surface area contributed by atoms with Crippen molar-refractivity contribution in [2.45, 2.75) is 46.6 Å². The van der Waals surface area contributed by atoms with Crippen molar-refractivity contribution in [2.24, 2.45) is 11.3 Å². The lowest BCUT2D eigenvalue weighted by molar-refractivity contribution is -0.306. The molecule has 118 valence electrons. The first kappa shape index (κ1) is 15.2. The Bertz CT molecular complexity index is 798. The number of hydrogen-bond donors (Lipinski definition) is 0. The van der Waals surface area contributed by atoms with E-state index in [0.29, 0.717) is 11.3 Å². The summed E-state index contributed by atoms with van der Waals surface area (Å²) in [7, 11) is 0.